The van der Waals surface area contributed by atoms with Crippen LogP contribution in [0.3, 0.4) is 0 Å². The molecule has 2 aromatic rings. The van der Waals surface area contributed by atoms with E-state index in [-0.39, 0.29) is 28.4 Å². The largest absolute Gasteiger partial charge is 0.325 e. The van der Waals surface area contributed by atoms with E-state index in [1.807, 2.05) is 0 Å². The van der Waals surface area contributed by atoms with Gasteiger partial charge in [-0.25, -0.2) is 13.1 Å². The summed E-state index contributed by atoms with van der Waals surface area (Å²) in [6.07, 6.45) is -0.125. The summed E-state index contributed by atoms with van der Waals surface area (Å²) in [5, 5.41) is 2.51. The van der Waals surface area contributed by atoms with Gasteiger partial charge >= 0.3 is 0 Å². The van der Waals surface area contributed by atoms with Crippen LogP contribution in [0.4, 0.5) is 14.5 Å². The molecule has 0 aliphatic carbocycles. The van der Waals surface area contributed by atoms with Crippen molar-refractivity contribution in [3.05, 3.63) is 54.6 Å². The van der Waals surface area contributed by atoms with Crippen LogP contribution >= 0.6 is 11.8 Å². The second-order valence-corrected chi connectivity index (χ2v) is 7.68. The van der Waals surface area contributed by atoms with E-state index >= 15 is 0 Å². The van der Waals surface area contributed by atoms with Crippen LogP contribution in [-0.4, -0.2) is 26.6 Å². The number of carbonyl (C=O) groups is 1. The lowest BCUT2D eigenvalue weighted by molar-refractivity contribution is -0.116. The van der Waals surface area contributed by atoms with Crippen LogP contribution in [0.1, 0.15) is 6.42 Å². The van der Waals surface area contributed by atoms with Gasteiger partial charge in [-0.3, -0.25) is 4.79 Å². The first-order chi connectivity index (χ1) is 11.9. The number of benzene rings is 2. The van der Waals surface area contributed by atoms with Gasteiger partial charge in [-0.05, 0) is 24.3 Å². The Hall–Kier alpha value is -1.97. The SMILES string of the molecule is O=C(CCNS(=O)(=O)c1ccccc1)Nc1ccccc1SC(F)F. The summed E-state index contributed by atoms with van der Waals surface area (Å²) in [4.78, 5) is 12.3. The van der Waals surface area contributed by atoms with Gasteiger partial charge in [0.15, 0.2) is 0 Å². The average molecular weight is 386 g/mol. The Morgan fingerprint density at radius 1 is 1.04 bits per heavy atom. The molecular formula is C16H16F2N2O3S2. The number of hydrogen-bond donors (Lipinski definition) is 2. The van der Waals surface area contributed by atoms with Gasteiger partial charge in [-0.2, -0.15) is 8.78 Å². The van der Waals surface area contributed by atoms with E-state index in [1.165, 1.54) is 24.3 Å². The molecule has 0 heterocycles. The standard InChI is InChI=1S/C16H16F2N2O3S2/c17-16(18)24-14-9-5-4-8-13(14)20-15(21)10-11-19-25(22,23)12-6-2-1-3-7-12/h1-9,16,19H,10-11H2,(H,20,21). The Morgan fingerprint density at radius 3 is 2.36 bits per heavy atom. The molecular weight excluding hydrogens is 370 g/mol. The van der Waals surface area contributed by atoms with Gasteiger partial charge < -0.3 is 5.32 Å². The van der Waals surface area contributed by atoms with Crippen molar-refractivity contribution in [2.45, 2.75) is 22.0 Å². The number of amides is 1. The minimum absolute atomic E-state index is 0.104. The second kappa shape index (κ2) is 8.93. The van der Waals surface area contributed by atoms with E-state index in [0.29, 0.717) is 11.8 Å². The minimum Gasteiger partial charge on any atom is -0.325 e. The molecule has 0 saturated carbocycles. The van der Waals surface area contributed by atoms with E-state index in [1.54, 1.807) is 30.3 Å². The van der Waals surface area contributed by atoms with Crippen molar-refractivity contribution in [1.82, 2.24) is 4.72 Å². The lowest BCUT2D eigenvalue weighted by Crippen LogP contribution is -2.27. The fraction of sp³-hybridized carbons (Fsp3) is 0.188. The predicted octanol–water partition coefficient (Wildman–Crippen LogP) is 3.31. The summed E-state index contributed by atoms with van der Waals surface area (Å²) in [6, 6.07) is 14.0. The van der Waals surface area contributed by atoms with E-state index in [4.69, 9.17) is 0 Å². The molecule has 5 nitrogen and oxygen atoms in total. The third kappa shape index (κ3) is 6.11. The number of hydrogen-bond acceptors (Lipinski definition) is 4. The van der Waals surface area contributed by atoms with Crippen molar-refractivity contribution in [2.24, 2.45) is 0 Å². The molecule has 9 heteroatoms. The van der Waals surface area contributed by atoms with Crippen LogP contribution in [0, 0.1) is 0 Å². The van der Waals surface area contributed by atoms with Crippen molar-refractivity contribution >= 4 is 33.4 Å². The molecule has 0 fully saturated rings. The number of alkyl halides is 2. The van der Waals surface area contributed by atoms with Crippen molar-refractivity contribution in [3.63, 3.8) is 0 Å². The van der Waals surface area contributed by atoms with Gasteiger partial charge in [0, 0.05) is 17.9 Å². The third-order valence-electron chi connectivity index (χ3n) is 3.07. The highest BCUT2D eigenvalue weighted by molar-refractivity contribution is 7.99. The quantitative estimate of drug-likeness (QED) is 0.683. The molecule has 2 N–H and O–H groups in total. The second-order valence-electron chi connectivity index (χ2n) is 4.88. The zero-order valence-corrected chi connectivity index (χ0v) is 14.6. The highest BCUT2D eigenvalue weighted by Gasteiger charge is 2.15. The Morgan fingerprint density at radius 2 is 1.68 bits per heavy atom. The number of thioether (sulfide) groups is 1. The van der Waals surface area contributed by atoms with Gasteiger partial charge in [-0.1, -0.05) is 42.1 Å². The summed E-state index contributed by atoms with van der Waals surface area (Å²) < 4.78 is 51.4. The Bertz CT molecular complexity index is 815. The molecule has 0 unspecified atom stereocenters. The molecule has 0 aliphatic heterocycles. The lowest BCUT2D eigenvalue weighted by atomic mass is 10.3. The Labute approximate surface area is 148 Å². The normalized spacial score (nSPS) is 11.5. The average Bonchev–Trinajstić information content (AvgIpc) is 2.57. The van der Waals surface area contributed by atoms with Crippen LogP contribution in [0.15, 0.2) is 64.4 Å². The smallest absolute Gasteiger partial charge is 0.288 e. The van der Waals surface area contributed by atoms with Gasteiger partial charge in [0.05, 0.1) is 10.6 Å². The minimum atomic E-state index is -3.69. The molecule has 0 radical (unpaired) electrons. The third-order valence-corrected chi connectivity index (χ3v) is 5.34. The highest BCUT2D eigenvalue weighted by Crippen LogP contribution is 2.31. The van der Waals surface area contributed by atoms with Gasteiger partial charge in [-0.15, -0.1) is 0 Å². The summed E-state index contributed by atoms with van der Waals surface area (Å²) >= 11 is 0.333. The molecule has 0 atom stereocenters. The summed E-state index contributed by atoms with van der Waals surface area (Å²) in [5.41, 5.74) is 0.267. The first kappa shape index (κ1) is 19.4. The van der Waals surface area contributed by atoms with Gasteiger partial charge in [0.1, 0.15) is 0 Å². The number of anilines is 1. The molecule has 134 valence electrons. The number of halogens is 2. The van der Waals surface area contributed by atoms with E-state index < -0.39 is 21.7 Å². The number of nitrogens with one attached hydrogen (secondary N) is 2. The topological polar surface area (TPSA) is 75.3 Å². The fourth-order valence-electron chi connectivity index (χ4n) is 1.96. The molecule has 25 heavy (non-hydrogen) atoms. The summed E-state index contributed by atoms with van der Waals surface area (Å²) in [5.74, 6) is -3.08. The predicted molar refractivity (Wildman–Crippen MR) is 93.2 cm³/mol. The molecule has 0 aromatic heterocycles. The van der Waals surface area contributed by atoms with Gasteiger partial charge in [0.25, 0.3) is 5.76 Å². The Balaban J connectivity index is 1.90. The first-order valence-corrected chi connectivity index (χ1v) is 9.63. The lowest BCUT2D eigenvalue weighted by Gasteiger charge is -2.11. The van der Waals surface area contributed by atoms with E-state index in [0.717, 1.165) is 0 Å². The van der Waals surface area contributed by atoms with Crippen molar-refractivity contribution in [3.8, 4) is 0 Å². The van der Waals surface area contributed by atoms with Crippen LogP contribution in [0.25, 0.3) is 0 Å². The molecule has 0 saturated heterocycles. The highest BCUT2D eigenvalue weighted by atomic mass is 32.2. The van der Waals surface area contributed by atoms with Crippen molar-refractivity contribution < 1.29 is 22.0 Å². The Kier molecular flexibility index (Phi) is 6.91. The molecule has 0 bridgehead atoms. The monoisotopic (exact) mass is 386 g/mol. The van der Waals surface area contributed by atoms with Crippen LogP contribution < -0.4 is 10.0 Å². The van der Waals surface area contributed by atoms with Crippen LogP contribution in [0.2, 0.25) is 0 Å². The molecule has 1 amide bonds. The number of sulfonamides is 1. The molecule has 2 aromatic carbocycles. The fourth-order valence-corrected chi connectivity index (χ4v) is 3.61. The van der Waals surface area contributed by atoms with Crippen LogP contribution in [-0.2, 0) is 14.8 Å². The molecule has 0 aliphatic rings. The van der Waals surface area contributed by atoms with Gasteiger partial charge in [0.2, 0.25) is 15.9 Å². The number of para-hydroxylation sites is 1. The maximum atomic E-state index is 12.5. The summed E-state index contributed by atoms with van der Waals surface area (Å²) in [7, 11) is -3.69. The maximum absolute atomic E-state index is 12.5. The maximum Gasteiger partial charge on any atom is 0.288 e. The van der Waals surface area contributed by atoms with E-state index in [2.05, 4.69) is 10.0 Å². The molecule has 2 rings (SSSR count). The van der Waals surface area contributed by atoms with Crippen molar-refractivity contribution in [1.29, 1.82) is 0 Å². The number of carbonyl (C=O) groups excluding carboxylic acids is 1. The number of rotatable bonds is 8. The van der Waals surface area contributed by atoms with E-state index in [9.17, 15) is 22.0 Å². The van der Waals surface area contributed by atoms with Crippen LogP contribution in [0.5, 0.6) is 0 Å². The zero-order valence-electron chi connectivity index (χ0n) is 13.0. The first-order valence-electron chi connectivity index (χ1n) is 7.27. The molecule has 0 spiro atoms. The zero-order chi connectivity index (χ0) is 18.3. The summed E-state index contributed by atoms with van der Waals surface area (Å²) in [6.45, 7) is -0.104. The van der Waals surface area contributed by atoms with Crippen molar-refractivity contribution in [2.75, 3.05) is 11.9 Å².